The van der Waals surface area contributed by atoms with Gasteiger partial charge in [-0.2, -0.15) is 0 Å². The van der Waals surface area contributed by atoms with Crippen molar-refractivity contribution >= 4 is 21.8 Å². The number of nitrogens with one attached hydrogen (secondary N) is 2. The minimum atomic E-state index is -0.154. The number of carbonyl (C=O) groups is 1. The predicted octanol–water partition coefficient (Wildman–Crippen LogP) is 2.78. The van der Waals surface area contributed by atoms with Gasteiger partial charge >= 0.3 is 0 Å². The van der Waals surface area contributed by atoms with Crippen LogP contribution in [0.4, 0.5) is 0 Å². The molecule has 0 aromatic heterocycles. The Hall–Kier alpha value is -1.07. The van der Waals surface area contributed by atoms with Crippen molar-refractivity contribution in [3.63, 3.8) is 0 Å². The number of ether oxygens (including phenoxy) is 1. The van der Waals surface area contributed by atoms with Gasteiger partial charge in [-0.15, -0.1) is 0 Å². The molecule has 0 radical (unpaired) electrons. The van der Waals surface area contributed by atoms with Gasteiger partial charge in [0.25, 0.3) is 0 Å². The molecule has 0 fully saturated rings. The molecule has 1 aliphatic rings. The lowest BCUT2D eigenvalue weighted by Gasteiger charge is -2.24. The lowest BCUT2D eigenvalue weighted by Crippen LogP contribution is -2.46. The summed E-state index contributed by atoms with van der Waals surface area (Å²) in [7, 11) is 0. The van der Waals surface area contributed by atoms with Crippen molar-refractivity contribution in [2.75, 3.05) is 13.2 Å². The van der Waals surface area contributed by atoms with E-state index >= 15 is 0 Å². The molecule has 1 heterocycles. The molecule has 0 saturated heterocycles. The standard InChI is InChI=1S/C16H23BrN2O2/c1-4-16(2,3)19-14(20)10-18-9-12-8-13(17)7-11-5-6-21-15(11)12/h7-8,18H,4-6,9-10H2,1-3H3,(H,19,20). The lowest BCUT2D eigenvalue weighted by atomic mass is 10.0. The van der Waals surface area contributed by atoms with Gasteiger partial charge < -0.3 is 15.4 Å². The first-order valence-electron chi connectivity index (χ1n) is 7.37. The van der Waals surface area contributed by atoms with Crippen molar-refractivity contribution in [2.45, 2.75) is 45.7 Å². The van der Waals surface area contributed by atoms with Gasteiger partial charge in [-0.25, -0.2) is 0 Å². The van der Waals surface area contributed by atoms with E-state index < -0.39 is 0 Å². The third-order valence-electron chi connectivity index (χ3n) is 3.79. The third-order valence-corrected chi connectivity index (χ3v) is 4.25. The van der Waals surface area contributed by atoms with Crippen molar-refractivity contribution in [3.8, 4) is 5.75 Å². The summed E-state index contributed by atoms with van der Waals surface area (Å²) in [6.45, 7) is 7.80. The second-order valence-electron chi connectivity index (χ2n) is 6.04. The van der Waals surface area contributed by atoms with Crippen molar-refractivity contribution in [1.29, 1.82) is 0 Å². The molecule has 1 aliphatic heterocycles. The first kappa shape index (κ1) is 16.3. The zero-order valence-corrected chi connectivity index (χ0v) is 14.5. The van der Waals surface area contributed by atoms with E-state index in [2.05, 4.69) is 39.6 Å². The summed E-state index contributed by atoms with van der Waals surface area (Å²) in [4.78, 5) is 11.9. The van der Waals surface area contributed by atoms with E-state index in [-0.39, 0.29) is 11.4 Å². The van der Waals surface area contributed by atoms with Crippen LogP contribution >= 0.6 is 15.9 Å². The molecule has 0 aliphatic carbocycles. The summed E-state index contributed by atoms with van der Waals surface area (Å²) in [6, 6.07) is 4.15. The number of amides is 1. The highest BCUT2D eigenvalue weighted by molar-refractivity contribution is 9.10. The highest BCUT2D eigenvalue weighted by Crippen LogP contribution is 2.32. The molecular weight excluding hydrogens is 332 g/mol. The summed E-state index contributed by atoms with van der Waals surface area (Å²) >= 11 is 3.52. The van der Waals surface area contributed by atoms with Crippen LogP contribution in [0.15, 0.2) is 16.6 Å². The zero-order valence-electron chi connectivity index (χ0n) is 12.9. The lowest BCUT2D eigenvalue weighted by molar-refractivity contribution is -0.121. The molecule has 2 rings (SSSR count). The van der Waals surface area contributed by atoms with Gasteiger partial charge in [-0.05, 0) is 38.0 Å². The van der Waals surface area contributed by atoms with Gasteiger partial charge in [0.05, 0.1) is 13.2 Å². The van der Waals surface area contributed by atoms with Gasteiger partial charge in [-0.1, -0.05) is 22.9 Å². The van der Waals surface area contributed by atoms with Crippen LogP contribution in [-0.2, 0) is 17.8 Å². The number of rotatable bonds is 6. The van der Waals surface area contributed by atoms with E-state index in [1.54, 1.807) is 0 Å². The molecule has 1 aromatic rings. The molecule has 1 amide bonds. The number of halogens is 1. The summed E-state index contributed by atoms with van der Waals surface area (Å²) in [5.74, 6) is 0.995. The average Bonchev–Trinajstić information content (AvgIpc) is 2.86. The maximum atomic E-state index is 11.9. The Labute approximate surface area is 134 Å². The molecule has 1 aromatic carbocycles. The summed E-state index contributed by atoms with van der Waals surface area (Å²) in [5, 5.41) is 6.21. The zero-order chi connectivity index (χ0) is 15.5. The summed E-state index contributed by atoms with van der Waals surface area (Å²) in [5.41, 5.74) is 2.18. The van der Waals surface area contributed by atoms with E-state index in [0.717, 1.165) is 35.2 Å². The van der Waals surface area contributed by atoms with Crippen LogP contribution in [0, 0.1) is 0 Å². The molecule has 4 nitrogen and oxygen atoms in total. The fraction of sp³-hybridized carbons (Fsp3) is 0.562. The Bertz CT molecular complexity index is 529. The molecule has 116 valence electrons. The van der Waals surface area contributed by atoms with Crippen LogP contribution in [0.2, 0.25) is 0 Å². The van der Waals surface area contributed by atoms with Crippen LogP contribution in [-0.4, -0.2) is 24.6 Å². The van der Waals surface area contributed by atoms with Gasteiger partial charge in [0, 0.05) is 28.5 Å². The smallest absolute Gasteiger partial charge is 0.234 e. The highest BCUT2D eigenvalue weighted by Gasteiger charge is 2.19. The Morgan fingerprint density at radius 3 is 2.90 bits per heavy atom. The Kier molecular flexibility index (Phi) is 5.27. The molecule has 2 N–H and O–H groups in total. The second kappa shape index (κ2) is 6.79. The number of hydrogen-bond acceptors (Lipinski definition) is 3. The quantitative estimate of drug-likeness (QED) is 0.825. The van der Waals surface area contributed by atoms with Gasteiger partial charge in [-0.3, -0.25) is 4.79 Å². The van der Waals surface area contributed by atoms with Crippen LogP contribution in [0.25, 0.3) is 0 Å². The van der Waals surface area contributed by atoms with E-state index in [4.69, 9.17) is 4.74 Å². The van der Waals surface area contributed by atoms with E-state index in [1.807, 2.05) is 19.9 Å². The number of benzene rings is 1. The molecule has 5 heteroatoms. The molecule has 0 saturated carbocycles. The Morgan fingerprint density at radius 1 is 1.43 bits per heavy atom. The largest absolute Gasteiger partial charge is 0.493 e. The maximum Gasteiger partial charge on any atom is 0.234 e. The first-order valence-corrected chi connectivity index (χ1v) is 8.16. The average molecular weight is 355 g/mol. The number of carbonyl (C=O) groups excluding carboxylic acids is 1. The molecule has 0 atom stereocenters. The van der Waals surface area contributed by atoms with E-state index in [1.165, 1.54) is 5.56 Å². The van der Waals surface area contributed by atoms with E-state index in [0.29, 0.717) is 13.1 Å². The Morgan fingerprint density at radius 2 is 2.19 bits per heavy atom. The summed E-state index contributed by atoms with van der Waals surface area (Å²) in [6.07, 6.45) is 1.86. The normalized spacial score (nSPS) is 13.7. The monoisotopic (exact) mass is 354 g/mol. The van der Waals surface area contributed by atoms with Gasteiger partial charge in [0.2, 0.25) is 5.91 Å². The second-order valence-corrected chi connectivity index (χ2v) is 6.96. The minimum absolute atomic E-state index is 0.0226. The van der Waals surface area contributed by atoms with Crippen molar-refractivity contribution in [2.24, 2.45) is 0 Å². The Balaban J connectivity index is 1.88. The van der Waals surface area contributed by atoms with Gasteiger partial charge in [0.1, 0.15) is 5.75 Å². The number of hydrogen-bond donors (Lipinski definition) is 2. The minimum Gasteiger partial charge on any atom is -0.493 e. The third kappa shape index (κ3) is 4.45. The van der Waals surface area contributed by atoms with Crippen LogP contribution in [0.5, 0.6) is 5.75 Å². The molecule has 0 spiro atoms. The van der Waals surface area contributed by atoms with Gasteiger partial charge in [0.15, 0.2) is 0 Å². The first-order chi connectivity index (χ1) is 9.91. The van der Waals surface area contributed by atoms with Crippen molar-refractivity contribution in [1.82, 2.24) is 10.6 Å². The van der Waals surface area contributed by atoms with E-state index in [9.17, 15) is 4.79 Å². The SMILES string of the molecule is CCC(C)(C)NC(=O)CNCc1cc(Br)cc2c1OCC2. The predicted molar refractivity (Wildman–Crippen MR) is 87.6 cm³/mol. The van der Waals surface area contributed by atoms with Crippen LogP contribution < -0.4 is 15.4 Å². The molecule has 0 unspecified atom stereocenters. The highest BCUT2D eigenvalue weighted by atomic mass is 79.9. The molecule has 0 bridgehead atoms. The fourth-order valence-corrected chi connectivity index (χ4v) is 2.85. The van der Waals surface area contributed by atoms with Crippen LogP contribution in [0.3, 0.4) is 0 Å². The van der Waals surface area contributed by atoms with Crippen molar-refractivity contribution < 1.29 is 9.53 Å². The molecular formula is C16H23BrN2O2. The number of fused-ring (bicyclic) bond motifs is 1. The van der Waals surface area contributed by atoms with Crippen LogP contribution in [0.1, 0.15) is 38.3 Å². The van der Waals surface area contributed by atoms with Crippen molar-refractivity contribution in [3.05, 3.63) is 27.7 Å². The molecule has 21 heavy (non-hydrogen) atoms. The maximum absolute atomic E-state index is 11.9. The topological polar surface area (TPSA) is 50.4 Å². The summed E-state index contributed by atoms with van der Waals surface area (Å²) < 4.78 is 6.73. The fourth-order valence-electron chi connectivity index (χ4n) is 2.30.